The smallest absolute Gasteiger partial charge is 0.267 e. The number of amides is 1. The van der Waals surface area contributed by atoms with Crippen LogP contribution in [0.2, 0.25) is 0 Å². The van der Waals surface area contributed by atoms with Crippen molar-refractivity contribution in [2.75, 3.05) is 30.4 Å². The zero-order chi connectivity index (χ0) is 24.5. The molecule has 0 unspecified atom stereocenters. The second-order valence-corrected chi connectivity index (χ2v) is 9.84. The van der Waals surface area contributed by atoms with Crippen LogP contribution in [0.15, 0.2) is 65.6 Å². The van der Waals surface area contributed by atoms with Crippen LogP contribution in [-0.2, 0) is 14.8 Å². The van der Waals surface area contributed by atoms with Crippen molar-refractivity contribution >= 4 is 27.3 Å². The first-order valence-corrected chi connectivity index (χ1v) is 12.1. The fourth-order valence-electron chi connectivity index (χ4n) is 3.68. The highest BCUT2D eigenvalue weighted by Gasteiger charge is 2.37. The lowest BCUT2D eigenvalue weighted by molar-refractivity contribution is -0.122. The maximum Gasteiger partial charge on any atom is 0.267 e. The molecule has 9 heteroatoms. The highest BCUT2D eigenvalue weighted by Crippen LogP contribution is 2.38. The molecule has 1 amide bonds. The normalized spacial score (nSPS) is 15.2. The third kappa shape index (κ3) is 4.51. The van der Waals surface area contributed by atoms with Crippen molar-refractivity contribution in [2.45, 2.75) is 24.8 Å². The third-order valence-corrected chi connectivity index (χ3v) is 7.35. The maximum atomic E-state index is 13.5. The van der Waals surface area contributed by atoms with Crippen molar-refractivity contribution in [1.82, 2.24) is 0 Å². The lowest BCUT2D eigenvalue weighted by Gasteiger charge is -2.35. The number of nitrogens with zero attached hydrogens (tertiary/aromatic N) is 1. The van der Waals surface area contributed by atoms with E-state index >= 15 is 0 Å². The summed E-state index contributed by atoms with van der Waals surface area (Å²) in [4.78, 5) is 13.3. The average Bonchev–Trinajstić information content (AvgIpc) is 2.83. The minimum Gasteiger partial charge on any atom is -0.497 e. The summed E-state index contributed by atoms with van der Waals surface area (Å²) < 4.78 is 44.8. The minimum absolute atomic E-state index is 0.141. The number of hydrogen-bond acceptors (Lipinski definition) is 6. The Hall–Kier alpha value is -3.72. The Morgan fingerprint density at radius 1 is 0.971 bits per heavy atom. The number of ether oxygens (including phenoxy) is 3. The van der Waals surface area contributed by atoms with Gasteiger partial charge in [0.05, 0.1) is 37.0 Å². The van der Waals surface area contributed by atoms with Crippen molar-refractivity contribution in [3.63, 3.8) is 0 Å². The molecule has 1 heterocycles. The van der Waals surface area contributed by atoms with Crippen molar-refractivity contribution in [1.29, 1.82) is 0 Å². The molecule has 3 aromatic rings. The minimum atomic E-state index is -3.93. The fraction of sp³-hybridized carbons (Fsp3) is 0.240. The number of carbonyl (C=O) groups is 1. The molecule has 0 saturated carbocycles. The topological polar surface area (TPSA) is 94.2 Å². The molecule has 178 valence electrons. The Labute approximate surface area is 199 Å². The average molecular weight is 483 g/mol. The van der Waals surface area contributed by atoms with Gasteiger partial charge in [-0.15, -0.1) is 0 Å². The van der Waals surface area contributed by atoms with Crippen molar-refractivity contribution in [3.8, 4) is 17.2 Å². The molecule has 1 atom stereocenters. The van der Waals surface area contributed by atoms with E-state index in [1.807, 2.05) is 19.9 Å². The molecule has 4 rings (SSSR count). The molecule has 0 radical (unpaired) electrons. The Kier molecular flexibility index (Phi) is 6.39. The zero-order valence-corrected chi connectivity index (χ0v) is 20.2. The molecular formula is C25H26N2O6S. The summed E-state index contributed by atoms with van der Waals surface area (Å²) in [6.45, 7) is 3.57. The number of nitrogens with one attached hydrogen (secondary N) is 1. The van der Waals surface area contributed by atoms with Crippen LogP contribution in [0.25, 0.3) is 0 Å². The van der Waals surface area contributed by atoms with Gasteiger partial charge in [0.1, 0.15) is 17.2 Å². The fourth-order valence-corrected chi connectivity index (χ4v) is 5.15. The van der Waals surface area contributed by atoms with Crippen LogP contribution in [0.4, 0.5) is 11.4 Å². The summed E-state index contributed by atoms with van der Waals surface area (Å²) in [6.07, 6.45) is -1.08. The predicted octanol–water partition coefficient (Wildman–Crippen LogP) is 3.92. The van der Waals surface area contributed by atoms with E-state index in [4.69, 9.17) is 14.2 Å². The first kappa shape index (κ1) is 23.4. The van der Waals surface area contributed by atoms with Crippen molar-refractivity contribution in [2.24, 2.45) is 0 Å². The molecule has 1 aliphatic heterocycles. The first-order chi connectivity index (χ1) is 16.2. The standard InChI is InChI=1S/C25H26N2O6S/c1-16-5-9-19(10-6-16)34(29,30)27-15-24(33-23-13-17(2)7-12-21(23)27)25(28)26-20-11-8-18(31-3)14-22(20)32-4/h5-14,24H,15H2,1-4H3,(H,26,28)/t24-/m0/s1. The van der Waals surface area contributed by atoms with Crippen LogP contribution in [0.1, 0.15) is 11.1 Å². The summed E-state index contributed by atoms with van der Waals surface area (Å²) in [7, 11) is -0.918. The molecule has 8 nitrogen and oxygen atoms in total. The van der Waals surface area contributed by atoms with Gasteiger partial charge in [0, 0.05) is 6.07 Å². The zero-order valence-electron chi connectivity index (χ0n) is 19.4. The van der Waals surface area contributed by atoms with Gasteiger partial charge in [-0.1, -0.05) is 23.8 Å². The van der Waals surface area contributed by atoms with Crippen LogP contribution >= 0.6 is 0 Å². The van der Waals surface area contributed by atoms with Crippen LogP contribution < -0.4 is 23.8 Å². The number of aryl methyl sites for hydroxylation is 2. The van der Waals surface area contributed by atoms with Crippen molar-refractivity contribution in [3.05, 3.63) is 71.8 Å². The highest BCUT2D eigenvalue weighted by atomic mass is 32.2. The van der Waals surface area contributed by atoms with Gasteiger partial charge in [-0.05, 0) is 55.8 Å². The Morgan fingerprint density at radius 2 is 1.68 bits per heavy atom. The van der Waals surface area contributed by atoms with E-state index in [1.165, 1.54) is 18.5 Å². The van der Waals surface area contributed by atoms with Gasteiger partial charge in [-0.3, -0.25) is 9.10 Å². The monoisotopic (exact) mass is 482 g/mol. The Balaban J connectivity index is 1.68. The van der Waals surface area contributed by atoms with E-state index in [2.05, 4.69) is 5.32 Å². The molecule has 0 bridgehead atoms. The number of fused-ring (bicyclic) bond motifs is 1. The van der Waals surface area contributed by atoms with E-state index in [1.54, 1.807) is 54.6 Å². The molecule has 34 heavy (non-hydrogen) atoms. The number of rotatable bonds is 6. The van der Waals surface area contributed by atoms with E-state index in [0.717, 1.165) is 11.1 Å². The summed E-state index contributed by atoms with van der Waals surface area (Å²) in [6, 6.07) is 16.8. The first-order valence-electron chi connectivity index (χ1n) is 10.6. The number of benzene rings is 3. The Morgan fingerprint density at radius 3 is 2.35 bits per heavy atom. The van der Waals surface area contributed by atoms with Gasteiger partial charge in [0.25, 0.3) is 15.9 Å². The lowest BCUT2D eigenvalue weighted by Crippen LogP contribution is -2.48. The second-order valence-electron chi connectivity index (χ2n) is 7.98. The molecule has 3 aromatic carbocycles. The summed E-state index contributed by atoms with van der Waals surface area (Å²) in [5.74, 6) is 0.802. The largest absolute Gasteiger partial charge is 0.497 e. The van der Waals surface area contributed by atoms with Gasteiger partial charge in [-0.2, -0.15) is 0 Å². The van der Waals surface area contributed by atoms with Gasteiger partial charge in [0.2, 0.25) is 0 Å². The summed E-state index contributed by atoms with van der Waals surface area (Å²) >= 11 is 0. The van der Waals surface area contributed by atoms with Gasteiger partial charge in [0.15, 0.2) is 6.10 Å². The number of anilines is 2. The lowest BCUT2D eigenvalue weighted by atomic mass is 10.1. The molecule has 0 aliphatic carbocycles. The van der Waals surface area contributed by atoms with Crippen molar-refractivity contribution < 1.29 is 27.4 Å². The van der Waals surface area contributed by atoms with Crippen LogP contribution in [0.3, 0.4) is 0 Å². The molecule has 0 spiro atoms. The van der Waals surface area contributed by atoms with E-state index in [-0.39, 0.29) is 11.4 Å². The molecule has 1 aliphatic rings. The second kappa shape index (κ2) is 9.26. The molecule has 0 aromatic heterocycles. The number of carbonyl (C=O) groups excluding carboxylic acids is 1. The third-order valence-electron chi connectivity index (χ3n) is 5.55. The Bertz CT molecular complexity index is 1320. The summed E-state index contributed by atoms with van der Waals surface area (Å²) in [5.41, 5.74) is 2.63. The molecule has 1 N–H and O–H groups in total. The van der Waals surface area contributed by atoms with Crippen LogP contribution in [-0.4, -0.2) is 41.2 Å². The highest BCUT2D eigenvalue weighted by molar-refractivity contribution is 7.92. The van der Waals surface area contributed by atoms with E-state index < -0.39 is 22.0 Å². The maximum absolute atomic E-state index is 13.5. The van der Waals surface area contributed by atoms with Gasteiger partial charge in [-0.25, -0.2) is 8.42 Å². The quantitative estimate of drug-likeness (QED) is 0.573. The number of sulfonamides is 1. The predicted molar refractivity (Wildman–Crippen MR) is 129 cm³/mol. The van der Waals surface area contributed by atoms with Crippen LogP contribution in [0.5, 0.6) is 17.2 Å². The molecule has 0 saturated heterocycles. The van der Waals surface area contributed by atoms with Gasteiger partial charge >= 0.3 is 0 Å². The van der Waals surface area contributed by atoms with E-state index in [0.29, 0.717) is 28.6 Å². The van der Waals surface area contributed by atoms with E-state index in [9.17, 15) is 13.2 Å². The number of methoxy groups -OCH3 is 2. The SMILES string of the molecule is COc1ccc(NC(=O)[C@@H]2CN(S(=O)(=O)c3ccc(C)cc3)c3ccc(C)cc3O2)c(OC)c1. The molecule has 0 fully saturated rings. The van der Waals surface area contributed by atoms with Crippen LogP contribution in [0, 0.1) is 13.8 Å². The number of hydrogen-bond donors (Lipinski definition) is 1. The molecular weight excluding hydrogens is 456 g/mol. The summed E-state index contributed by atoms with van der Waals surface area (Å²) in [5, 5.41) is 2.78. The van der Waals surface area contributed by atoms with Gasteiger partial charge < -0.3 is 19.5 Å².